The van der Waals surface area contributed by atoms with E-state index in [1.807, 2.05) is 11.9 Å². The molecule has 1 N–H and O–H groups in total. The van der Waals surface area contributed by atoms with Gasteiger partial charge in [0.15, 0.2) is 6.39 Å². The SMILES string of the molecule is COCC(O)CN(C)Cc1ncoc1C(C)C. The monoisotopic (exact) mass is 242 g/mol. The molecule has 0 aliphatic carbocycles. The Kier molecular flexibility index (Phi) is 5.61. The van der Waals surface area contributed by atoms with E-state index >= 15 is 0 Å². The van der Waals surface area contributed by atoms with Crippen LogP contribution >= 0.6 is 0 Å². The summed E-state index contributed by atoms with van der Waals surface area (Å²) in [4.78, 5) is 6.22. The highest BCUT2D eigenvalue weighted by atomic mass is 16.5. The van der Waals surface area contributed by atoms with Crippen molar-refractivity contribution in [1.82, 2.24) is 9.88 Å². The Bertz CT molecular complexity index is 325. The first kappa shape index (κ1) is 14.2. The standard InChI is InChI=1S/C12H22N2O3/c1-9(2)12-11(13-8-17-12)6-14(3)5-10(15)7-16-4/h8-10,15H,5-7H2,1-4H3. The smallest absolute Gasteiger partial charge is 0.181 e. The summed E-state index contributed by atoms with van der Waals surface area (Å²) in [5.74, 6) is 1.24. The number of aromatic nitrogens is 1. The number of likely N-dealkylation sites (N-methyl/N-ethyl adjacent to an activating group) is 1. The Morgan fingerprint density at radius 1 is 1.53 bits per heavy atom. The van der Waals surface area contributed by atoms with Gasteiger partial charge in [-0.1, -0.05) is 13.8 Å². The van der Waals surface area contributed by atoms with E-state index in [0.29, 0.717) is 25.6 Å². The number of nitrogens with zero attached hydrogens (tertiary/aromatic N) is 2. The molecule has 0 radical (unpaired) electrons. The first-order valence-corrected chi connectivity index (χ1v) is 5.82. The van der Waals surface area contributed by atoms with Gasteiger partial charge in [0.2, 0.25) is 0 Å². The van der Waals surface area contributed by atoms with Crippen LogP contribution in [-0.4, -0.2) is 48.4 Å². The molecule has 0 aliphatic rings. The molecule has 0 amide bonds. The Morgan fingerprint density at radius 3 is 2.82 bits per heavy atom. The van der Waals surface area contributed by atoms with Crippen LogP contribution in [0.4, 0.5) is 0 Å². The fourth-order valence-corrected chi connectivity index (χ4v) is 1.79. The average Bonchev–Trinajstić information content (AvgIpc) is 2.65. The van der Waals surface area contributed by atoms with Crippen LogP contribution in [0.1, 0.15) is 31.2 Å². The molecule has 0 saturated carbocycles. The summed E-state index contributed by atoms with van der Waals surface area (Å²) in [6.07, 6.45) is 1.00. The van der Waals surface area contributed by atoms with Crippen molar-refractivity contribution >= 4 is 0 Å². The summed E-state index contributed by atoms with van der Waals surface area (Å²) in [6.45, 7) is 5.72. The fraction of sp³-hybridized carbons (Fsp3) is 0.750. The molecule has 1 heterocycles. The third-order valence-corrected chi connectivity index (χ3v) is 2.50. The molecule has 1 aromatic rings. The number of ether oxygens (including phenoxy) is 1. The second kappa shape index (κ2) is 6.74. The molecule has 1 unspecified atom stereocenters. The molecule has 1 aromatic heterocycles. The molecular weight excluding hydrogens is 220 g/mol. The molecule has 98 valence electrons. The highest BCUT2D eigenvalue weighted by Crippen LogP contribution is 2.19. The van der Waals surface area contributed by atoms with Crippen molar-refractivity contribution in [3.63, 3.8) is 0 Å². The molecule has 0 fully saturated rings. The van der Waals surface area contributed by atoms with Crippen LogP contribution in [-0.2, 0) is 11.3 Å². The molecule has 0 spiro atoms. The van der Waals surface area contributed by atoms with Crippen molar-refractivity contribution < 1.29 is 14.3 Å². The Hall–Kier alpha value is -0.910. The van der Waals surface area contributed by atoms with Crippen molar-refractivity contribution in [2.45, 2.75) is 32.4 Å². The van der Waals surface area contributed by atoms with Crippen LogP contribution in [0.25, 0.3) is 0 Å². The maximum absolute atomic E-state index is 9.62. The van der Waals surface area contributed by atoms with E-state index in [1.165, 1.54) is 6.39 Å². The van der Waals surface area contributed by atoms with Crippen molar-refractivity contribution in [2.75, 3.05) is 27.3 Å². The lowest BCUT2D eigenvalue weighted by Crippen LogP contribution is -2.31. The zero-order valence-corrected chi connectivity index (χ0v) is 11.0. The molecule has 0 aliphatic heterocycles. The van der Waals surface area contributed by atoms with Gasteiger partial charge >= 0.3 is 0 Å². The van der Waals surface area contributed by atoms with Gasteiger partial charge in [-0.05, 0) is 7.05 Å². The molecule has 1 rings (SSSR count). The number of oxazole rings is 1. The lowest BCUT2D eigenvalue weighted by Gasteiger charge is -2.19. The van der Waals surface area contributed by atoms with Crippen molar-refractivity contribution in [2.24, 2.45) is 0 Å². The number of hydrogen-bond acceptors (Lipinski definition) is 5. The topological polar surface area (TPSA) is 58.7 Å². The van der Waals surface area contributed by atoms with Gasteiger partial charge in [-0.2, -0.15) is 0 Å². The van der Waals surface area contributed by atoms with Crippen LogP contribution in [0, 0.1) is 0 Å². The summed E-state index contributed by atoms with van der Waals surface area (Å²) in [5.41, 5.74) is 0.937. The van der Waals surface area contributed by atoms with Gasteiger partial charge in [0.1, 0.15) is 5.76 Å². The molecule has 5 heteroatoms. The number of methoxy groups -OCH3 is 1. The van der Waals surface area contributed by atoms with Crippen LogP contribution in [0.3, 0.4) is 0 Å². The normalized spacial score (nSPS) is 13.6. The number of aliphatic hydroxyl groups excluding tert-OH is 1. The molecule has 0 saturated heterocycles. The summed E-state index contributed by atoms with van der Waals surface area (Å²) in [5, 5.41) is 9.62. The highest BCUT2D eigenvalue weighted by molar-refractivity contribution is 5.10. The predicted molar refractivity (Wildman–Crippen MR) is 64.8 cm³/mol. The largest absolute Gasteiger partial charge is 0.448 e. The first-order chi connectivity index (χ1) is 8.04. The Balaban J connectivity index is 2.50. The minimum absolute atomic E-state index is 0.324. The molecule has 5 nitrogen and oxygen atoms in total. The van der Waals surface area contributed by atoms with Gasteiger partial charge in [-0.15, -0.1) is 0 Å². The molecular formula is C12H22N2O3. The number of hydrogen-bond donors (Lipinski definition) is 1. The maximum Gasteiger partial charge on any atom is 0.181 e. The maximum atomic E-state index is 9.62. The van der Waals surface area contributed by atoms with E-state index in [-0.39, 0.29) is 0 Å². The Morgan fingerprint density at radius 2 is 2.24 bits per heavy atom. The second-order valence-electron chi connectivity index (χ2n) is 4.62. The summed E-state index contributed by atoms with van der Waals surface area (Å²) in [7, 11) is 3.52. The summed E-state index contributed by atoms with van der Waals surface area (Å²) >= 11 is 0. The zero-order valence-electron chi connectivity index (χ0n) is 11.0. The lowest BCUT2D eigenvalue weighted by atomic mass is 10.1. The fourth-order valence-electron chi connectivity index (χ4n) is 1.79. The minimum atomic E-state index is -0.473. The molecule has 0 bridgehead atoms. The van der Waals surface area contributed by atoms with Gasteiger partial charge in [-0.25, -0.2) is 4.98 Å². The lowest BCUT2D eigenvalue weighted by molar-refractivity contribution is 0.0416. The third kappa shape index (κ3) is 4.46. The minimum Gasteiger partial charge on any atom is -0.448 e. The second-order valence-corrected chi connectivity index (χ2v) is 4.62. The van der Waals surface area contributed by atoms with E-state index in [0.717, 1.165) is 11.5 Å². The van der Waals surface area contributed by atoms with Gasteiger partial charge in [0.25, 0.3) is 0 Å². The van der Waals surface area contributed by atoms with E-state index in [9.17, 15) is 5.11 Å². The van der Waals surface area contributed by atoms with Crippen LogP contribution < -0.4 is 0 Å². The van der Waals surface area contributed by atoms with E-state index < -0.39 is 6.10 Å². The summed E-state index contributed by atoms with van der Waals surface area (Å²) < 4.78 is 10.2. The van der Waals surface area contributed by atoms with Gasteiger partial charge in [0, 0.05) is 26.1 Å². The quantitative estimate of drug-likeness (QED) is 0.779. The van der Waals surface area contributed by atoms with Gasteiger partial charge < -0.3 is 14.3 Å². The Labute approximate surface area is 102 Å². The highest BCUT2D eigenvalue weighted by Gasteiger charge is 2.15. The van der Waals surface area contributed by atoms with E-state index in [2.05, 4.69) is 18.8 Å². The molecule has 0 aromatic carbocycles. The van der Waals surface area contributed by atoms with Crippen molar-refractivity contribution in [1.29, 1.82) is 0 Å². The average molecular weight is 242 g/mol. The van der Waals surface area contributed by atoms with Gasteiger partial charge in [-0.3, -0.25) is 4.90 Å². The predicted octanol–water partition coefficient (Wildman–Crippen LogP) is 1.24. The van der Waals surface area contributed by atoms with E-state index in [1.54, 1.807) is 7.11 Å². The van der Waals surface area contributed by atoms with Gasteiger partial charge in [0.05, 0.1) is 18.4 Å². The molecule has 17 heavy (non-hydrogen) atoms. The first-order valence-electron chi connectivity index (χ1n) is 5.82. The number of rotatable bonds is 7. The van der Waals surface area contributed by atoms with Crippen molar-refractivity contribution in [3.05, 3.63) is 17.8 Å². The van der Waals surface area contributed by atoms with Crippen LogP contribution in [0.15, 0.2) is 10.8 Å². The zero-order chi connectivity index (χ0) is 12.8. The molecule has 1 atom stereocenters. The van der Waals surface area contributed by atoms with Crippen LogP contribution in [0.2, 0.25) is 0 Å². The van der Waals surface area contributed by atoms with E-state index in [4.69, 9.17) is 9.15 Å². The number of aliphatic hydroxyl groups is 1. The third-order valence-electron chi connectivity index (χ3n) is 2.50. The summed E-state index contributed by atoms with van der Waals surface area (Å²) in [6, 6.07) is 0. The van der Waals surface area contributed by atoms with Crippen molar-refractivity contribution in [3.8, 4) is 0 Å². The van der Waals surface area contributed by atoms with Crippen LogP contribution in [0.5, 0.6) is 0 Å².